The van der Waals surface area contributed by atoms with Crippen LogP contribution in [0, 0.1) is 0 Å². The van der Waals surface area contributed by atoms with E-state index < -0.39 is 0 Å². The van der Waals surface area contributed by atoms with E-state index in [-0.39, 0.29) is 0 Å². The molecule has 1 aromatic carbocycles. The molecule has 1 atom stereocenters. The highest BCUT2D eigenvalue weighted by Gasteiger charge is 2.16. The van der Waals surface area contributed by atoms with E-state index in [4.69, 9.17) is 4.98 Å². The van der Waals surface area contributed by atoms with Gasteiger partial charge in [0.2, 0.25) is 0 Å². The van der Waals surface area contributed by atoms with Crippen LogP contribution in [0.15, 0.2) is 46.5 Å². The number of thiazole rings is 1. The number of aromatic nitrogens is 2. The van der Waals surface area contributed by atoms with Crippen LogP contribution in [0.2, 0.25) is 0 Å². The van der Waals surface area contributed by atoms with E-state index in [2.05, 4.69) is 74.6 Å². The number of benzene rings is 1. The third-order valence-corrected chi connectivity index (χ3v) is 5.08. The van der Waals surface area contributed by atoms with E-state index in [0.29, 0.717) is 5.92 Å². The number of rotatable bonds is 6. The molecule has 0 fully saturated rings. The fourth-order valence-electron chi connectivity index (χ4n) is 2.54. The number of likely N-dealkylation sites (N-methyl/N-ethyl adjacent to an activating group) is 1. The lowest BCUT2D eigenvalue weighted by molar-refractivity contribution is 0.589. The topological polar surface area (TPSA) is 29.3 Å². The Bertz CT molecular complexity index is 690. The summed E-state index contributed by atoms with van der Waals surface area (Å²) < 4.78 is 3.28. The second-order valence-corrected chi connectivity index (χ2v) is 6.78. The van der Waals surface area contributed by atoms with Gasteiger partial charge in [-0.2, -0.15) is 0 Å². The molecule has 0 aliphatic heterocycles. The van der Waals surface area contributed by atoms with Crippen molar-refractivity contribution >= 4 is 32.2 Å². The van der Waals surface area contributed by atoms with Gasteiger partial charge in [0, 0.05) is 34.7 Å². The highest BCUT2D eigenvalue weighted by atomic mass is 79.9. The van der Waals surface area contributed by atoms with Crippen LogP contribution in [0.3, 0.4) is 0 Å². The summed E-state index contributed by atoms with van der Waals surface area (Å²) in [6.45, 7) is 4.09. The smallest absolute Gasteiger partial charge is 0.193 e. The van der Waals surface area contributed by atoms with E-state index in [1.54, 1.807) is 11.3 Å². The zero-order valence-corrected chi connectivity index (χ0v) is 14.3. The van der Waals surface area contributed by atoms with E-state index in [9.17, 15) is 0 Å². The maximum Gasteiger partial charge on any atom is 0.193 e. The first-order valence-corrected chi connectivity index (χ1v) is 8.81. The van der Waals surface area contributed by atoms with Crippen LogP contribution in [0.25, 0.3) is 4.96 Å². The Balaban J connectivity index is 1.85. The first-order chi connectivity index (χ1) is 10.3. The molecule has 0 bridgehead atoms. The van der Waals surface area contributed by atoms with Crippen molar-refractivity contribution in [2.45, 2.75) is 19.3 Å². The number of nitrogens with one attached hydrogen (secondary N) is 1. The van der Waals surface area contributed by atoms with Gasteiger partial charge in [-0.05, 0) is 24.6 Å². The standard InChI is InChI=1S/C16H18BrN3S/c1-2-18-10-12(14-5-3-4-6-15(14)17)9-13-11-20-7-8-21-16(20)19-13/h3-8,11-12,18H,2,9-10H2,1H3. The lowest BCUT2D eigenvalue weighted by atomic mass is 9.94. The highest BCUT2D eigenvalue weighted by molar-refractivity contribution is 9.10. The molecule has 110 valence electrons. The van der Waals surface area contributed by atoms with Crippen molar-refractivity contribution in [3.63, 3.8) is 0 Å². The van der Waals surface area contributed by atoms with Crippen molar-refractivity contribution in [3.05, 3.63) is 57.8 Å². The Morgan fingerprint density at radius 3 is 3.00 bits per heavy atom. The molecule has 3 nitrogen and oxygen atoms in total. The van der Waals surface area contributed by atoms with Crippen LogP contribution < -0.4 is 5.32 Å². The number of hydrogen-bond donors (Lipinski definition) is 1. The zero-order valence-electron chi connectivity index (χ0n) is 11.9. The second kappa shape index (κ2) is 6.73. The highest BCUT2D eigenvalue weighted by Crippen LogP contribution is 2.27. The van der Waals surface area contributed by atoms with Crippen LogP contribution in [0.4, 0.5) is 0 Å². The fourth-order valence-corrected chi connectivity index (χ4v) is 3.87. The molecule has 0 saturated carbocycles. The summed E-state index contributed by atoms with van der Waals surface area (Å²) in [6.07, 6.45) is 5.15. The predicted octanol–water partition coefficient (Wildman–Crippen LogP) is 4.09. The molecular weight excluding hydrogens is 346 g/mol. The molecule has 0 saturated heterocycles. The van der Waals surface area contributed by atoms with Crippen LogP contribution >= 0.6 is 27.3 Å². The summed E-state index contributed by atoms with van der Waals surface area (Å²) in [7, 11) is 0. The van der Waals surface area contributed by atoms with Crippen LogP contribution in [-0.2, 0) is 6.42 Å². The second-order valence-electron chi connectivity index (χ2n) is 5.06. The monoisotopic (exact) mass is 363 g/mol. The van der Waals surface area contributed by atoms with Crippen molar-refractivity contribution in [1.29, 1.82) is 0 Å². The lowest BCUT2D eigenvalue weighted by Gasteiger charge is -2.18. The Morgan fingerprint density at radius 1 is 1.38 bits per heavy atom. The fraction of sp³-hybridized carbons (Fsp3) is 0.312. The SMILES string of the molecule is CCNCC(Cc1cn2ccsc2n1)c1ccccc1Br. The summed E-state index contributed by atoms with van der Waals surface area (Å²) in [4.78, 5) is 5.78. The van der Waals surface area contributed by atoms with Crippen molar-refractivity contribution in [2.75, 3.05) is 13.1 Å². The van der Waals surface area contributed by atoms with Crippen molar-refractivity contribution in [1.82, 2.24) is 14.7 Å². The maximum absolute atomic E-state index is 4.71. The number of fused-ring (bicyclic) bond motifs is 1. The summed E-state index contributed by atoms with van der Waals surface area (Å²) in [6, 6.07) is 8.47. The molecule has 1 unspecified atom stereocenters. The molecular formula is C16H18BrN3S. The quantitative estimate of drug-likeness (QED) is 0.714. The Morgan fingerprint density at radius 2 is 2.24 bits per heavy atom. The van der Waals surface area contributed by atoms with Crippen LogP contribution in [0.1, 0.15) is 24.1 Å². The van der Waals surface area contributed by atoms with E-state index in [1.807, 2.05) is 0 Å². The van der Waals surface area contributed by atoms with Gasteiger partial charge in [-0.1, -0.05) is 41.1 Å². The minimum atomic E-state index is 0.421. The molecule has 0 amide bonds. The molecule has 2 heterocycles. The maximum atomic E-state index is 4.71. The number of nitrogens with zero attached hydrogens (tertiary/aromatic N) is 2. The molecule has 21 heavy (non-hydrogen) atoms. The largest absolute Gasteiger partial charge is 0.316 e. The predicted molar refractivity (Wildman–Crippen MR) is 92.2 cm³/mol. The Labute approximate surface area is 137 Å². The summed E-state index contributed by atoms with van der Waals surface area (Å²) in [5, 5.41) is 5.53. The minimum Gasteiger partial charge on any atom is -0.316 e. The Hall–Kier alpha value is -1.17. The molecule has 0 aliphatic rings. The van der Waals surface area contributed by atoms with Crippen LogP contribution in [-0.4, -0.2) is 22.5 Å². The molecule has 3 aromatic rings. The lowest BCUT2D eigenvalue weighted by Crippen LogP contribution is -2.23. The van der Waals surface area contributed by atoms with E-state index in [0.717, 1.165) is 30.2 Å². The van der Waals surface area contributed by atoms with E-state index >= 15 is 0 Å². The van der Waals surface area contributed by atoms with Gasteiger partial charge >= 0.3 is 0 Å². The van der Waals surface area contributed by atoms with Crippen molar-refractivity contribution in [2.24, 2.45) is 0 Å². The summed E-state index contributed by atoms with van der Waals surface area (Å²) in [5.41, 5.74) is 2.50. The molecule has 2 aromatic heterocycles. The number of halogens is 1. The average molecular weight is 364 g/mol. The molecule has 0 radical (unpaired) electrons. The normalized spacial score (nSPS) is 12.9. The molecule has 1 N–H and O–H groups in total. The first-order valence-electron chi connectivity index (χ1n) is 7.14. The van der Waals surface area contributed by atoms with E-state index in [1.165, 1.54) is 10.0 Å². The minimum absolute atomic E-state index is 0.421. The van der Waals surface area contributed by atoms with Crippen molar-refractivity contribution in [3.8, 4) is 0 Å². The van der Waals surface area contributed by atoms with Gasteiger partial charge in [-0.15, -0.1) is 11.3 Å². The van der Waals surface area contributed by atoms with Gasteiger partial charge in [0.25, 0.3) is 0 Å². The number of hydrogen-bond acceptors (Lipinski definition) is 3. The number of imidazole rings is 1. The van der Waals surface area contributed by atoms with Gasteiger partial charge in [-0.3, -0.25) is 4.40 Å². The van der Waals surface area contributed by atoms with Gasteiger partial charge in [0.1, 0.15) is 0 Å². The molecule has 0 aliphatic carbocycles. The summed E-state index contributed by atoms with van der Waals surface area (Å²) in [5.74, 6) is 0.421. The third-order valence-electron chi connectivity index (χ3n) is 3.58. The molecule has 3 rings (SSSR count). The Kier molecular flexibility index (Phi) is 4.73. The van der Waals surface area contributed by atoms with Gasteiger partial charge in [-0.25, -0.2) is 4.98 Å². The summed E-state index contributed by atoms with van der Waals surface area (Å²) >= 11 is 5.36. The zero-order chi connectivity index (χ0) is 14.7. The van der Waals surface area contributed by atoms with Gasteiger partial charge in [0.15, 0.2) is 4.96 Å². The molecule has 5 heteroatoms. The third kappa shape index (κ3) is 3.36. The average Bonchev–Trinajstić information content (AvgIpc) is 3.05. The van der Waals surface area contributed by atoms with Crippen LogP contribution in [0.5, 0.6) is 0 Å². The van der Waals surface area contributed by atoms with Gasteiger partial charge < -0.3 is 5.32 Å². The first kappa shape index (κ1) is 14.8. The van der Waals surface area contributed by atoms with Crippen molar-refractivity contribution < 1.29 is 0 Å². The van der Waals surface area contributed by atoms with Gasteiger partial charge in [0.05, 0.1) is 5.69 Å². The molecule has 0 spiro atoms.